The molecule has 0 aromatic heterocycles. The summed E-state index contributed by atoms with van der Waals surface area (Å²) in [6.07, 6.45) is 1.10. The second-order valence-electron chi connectivity index (χ2n) is 4.48. The normalized spacial score (nSPS) is 12.4. The zero-order valence-corrected chi connectivity index (χ0v) is 15.4. The van der Waals surface area contributed by atoms with Crippen molar-refractivity contribution in [2.24, 2.45) is 0 Å². The second-order valence-corrected chi connectivity index (χ2v) is 9.24. The fraction of sp³-hybridized carbons (Fsp3) is 0.333. The summed E-state index contributed by atoms with van der Waals surface area (Å²) in [5, 5.41) is 2.56. The van der Waals surface area contributed by atoms with Gasteiger partial charge in [0.15, 0.2) is 0 Å². The Hall–Kier alpha value is -0.450. The standard InChI is InChI=1S/C10H15OP.C7H8ClP.CH4/c1-3-9-11-12(2)10-7-5-4-6-8-10;1-9(8)7-5-3-2-4-6-7;/h4-8H,3,9H2,1-2H3;2-6H,1H3;1H4. The minimum absolute atomic E-state index is 0. The number of hydrogen-bond acceptors (Lipinski definition) is 1. The first-order valence-corrected chi connectivity index (χ1v) is 11.4. The quantitative estimate of drug-likeness (QED) is 0.599. The van der Waals surface area contributed by atoms with Crippen molar-refractivity contribution in [2.45, 2.75) is 20.8 Å². The number of halogens is 1. The van der Waals surface area contributed by atoms with Crippen LogP contribution in [0, 0.1) is 0 Å². The van der Waals surface area contributed by atoms with Crippen molar-refractivity contribution in [3.05, 3.63) is 60.7 Å². The van der Waals surface area contributed by atoms with Gasteiger partial charge in [0.05, 0.1) is 14.8 Å². The molecular formula is C18H27ClOP2. The van der Waals surface area contributed by atoms with Crippen molar-refractivity contribution in [3.63, 3.8) is 0 Å². The molecule has 2 unspecified atom stereocenters. The molecule has 0 radical (unpaired) electrons. The summed E-state index contributed by atoms with van der Waals surface area (Å²) in [6, 6.07) is 20.5. The van der Waals surface area contributed by atoms with E-state index in [1.807, 2.05) is 30.9 Å². The molecule has 0 spiro atoms. The van der Waals surface area contributed by atoms with E-state index in [1.165, 1.54) is 10.6 Å². The van der Waals surface area contributed by atoms with Crippen LogP contribution in [0.15, 0.2) is 60.7 Å². The van der Waals surface area contributed by atoms with Crippen LogP contribution in [0.5, 0.6) is 0 Å². The first kappa shape index (κ1) is 21.6. The Morgan fingerprint density at radius 2 is 1.32 bits per heavy atom. The summed E-state index contributed by atoms with van der Waals surface area (Å²) in [5.74, 6) is 0. The van der Waals surface area contributed by atoms with Crippen LogP contribution >= 0.6 is 26.7 Å². The SMILES string of the molecule is C.CCCOP(C)c1ccccc1.CP(Cl)c1ccccc1. The largest absolute Gasteiger partial charge is 0.355 e. The van der Waals surface area contributed by atoms with Crippen LogP contribution in [-0.2, 0) is 4.52 Å². The minimum Gasteiger partial charge on any atom is -0.355 e. The molecule has 22 heavy (non-hydrogen) atoms. The number of benzene rings is 2. The van der Waals surface area contributed by atoms with Gasteiger partial charge in [-0.3, -0.25) is 0 Å². The zero-order valence-electron chi connectivity index (χ0n) is 12.9. The third-order valence-electron chi connectivity index (χ3n) is 2.72. The molecule has 2 rings (SSSR count). The second kappa shape index (κ2) is 13.0. The van der Waals surface area contributed by atoms with Gasteiger partial charge < -0.3 is 4.52 Å². The van der Waals surface area contributed by atoms with Crippen LogP contribution in [0.2, 0.25) is 0 Å². The van der Waals surface area contributed by atoms with E-state index in [1.54, 1.807) is 0 Å². The van der Waals surface area contributed by atoms with Crippen molar-refractivity contribution in [3.8, 4) is 0 Å². The summed E-state index contributed by atoms with van der Waals surface area (Å²) in [5.41, 5.74) is 0. The van der Waals surface area contributed by atoms with Crippen molar-refractivity contribution in [1.82, 2.24) is 0 Å². The molecular weight excluding hydrogens is 330 g/mol. The number of hydrogen-bond donors (Lipinski definition) is 0. The molecule has 0 saturated carbocycles. The lowest BCUT2D eigenvalue weighted by Gasteiger charge is -2.11. The summed E-state index contributed by atoms with van der Waals surface area (Å²) in [7, 11) is -0.805. The topological polar surface area (TPSA) is 9.23 Å². The van der Waals surface area contributed by atoms with E-state index in [0.717, 1.165) is 13.0 Å². The highest BCUT2D eigenvalue weighted by Crippen LogP contribution is 2.34. The molecule has 0 saturated heterocycles. The van der Waals surface area contributed by atoms with Gasteiger partial charge >= 0.3 is 0 Å². The lowest BCUT2D eigenvalue weighted by atomic mass is 10.4. The highest BCUT2D eigenvalue weighted by Gasteiger charge is 2.02. The van der Waals surface area contributed by atoms with E-state index < -0.39 is 7.27 Å². The van der Waals surface area contributed by atoms with Crippen LogP contribution in [0.25, 0.3) is 0 Å². The van der Waals surface area contributed by atoms with Crippen LogP contribution in [0.1, 0.15) is 20.8 Å². The summed E-state index contributed by atoms with van der Waals surface area (Å²) in [6.45, 7) is 7.19. The van der Waals surface area contributed by atoms with Gasteiger partial charge in [0.25, 0.3) is 0 Å². The Labute approximate surface area is 143 Å². The molecule has 0 amide bonds. The number of rotatable bonds is 5. The molecule has 0 fully saturated rings. The molecule has 0 N–H and O–H groups in total. The Bertz CT molecular complexity index is 477. The fourth-order valence-corrected chi connectivity index (χ4v) is 3.69. The predicted octanol–water partition coefficient (Wildman–Crippen LogP) is 5.98. The summed E-state index contributed by atoms with van der Waals surface area (Å²) >= 11 is 5.87. The summed E-state index contributed by atoms with van der Waals surface area (Å²) in [4.78, 5) is 0. The van der Waals surface area contributed by atoms with E-state index in [-0.39, 0.29) is 15.6 Å². The van der Waals surface area contributed by atoms with Crippen molar-refractivity contribution in [2.75, 3.05) is 19.9 Å². The lowest BCUT2D eigenvalue weighted by Crippen LogP contribution is -2.01. The Kier molecular flexibility index (Phi) is 12.8. The van der Waals surface area contributed by atoms with E-state index in [0.29, 0.717) is 0 Å². The smallest absolute Gasteiger partial charge is 0.0571 e. The van der Waals surface area contributed by atoms with Gasteiger partial charge in [0.2, 0.25) is 0 Å². The van der Waals surface area contributed by atoms with Gasteiger partial charge in [-0.25, -0.2) is 0 Å². The third kappa shape index (κ3) is 8.86. The van der Waals surface area contributed by atoms with Crippen LogP contribution < -0.4 is 10.6 Å². The van der Waals surface area contributed by atoms with E-state index in [4.69, 9.17) is 15.8 Å². The van der Waals surface area contributed by atoms with Gasteiger partial charge in [-0.15, -0.1) is 0 Å². The lowest BCUT2D eigenvalue weighted by molar-refractivity contribution is 0.358. The van der Waals surface area contributed by atoms with E-state index in [2.05, 4.69) is 50.0 Å². The molecule has 2 atom stereocenters. The fourth-order valence-electron chi connectivity index (χ4n) is 1.57. The van der Waals surface area contributed by atoms with Crippen molar-refractivity contribution < 1.29 is 4.52 Å². The Balaban J connectivity index is 0.000000397. The van der Waals surface area contributed by atoms with Gasteiger partial charge in [-0.05, 0) is 25.1 Å². The molecule has 0 heterocycles. The zero-order chi connectivity index (χ0) is 15.5. The average Bonchev–Trinajstić information content (AvgIpc) is 2.55. The molecule has 2 aromatic rings. The van der Waals surface area contributed by atoms with Gasteiger partial charge in [-0.1, -0.05) is 86.3 Å². The van der Waals surface area contributed by atoms with Crippen molar-refractivity contribution >= 4 is 37.3 Å². The van der Waals surface area contributed by atoms with Crippen LogP contribution in [0.3, 0.4) is 0 Å². The van der Waals surface area contributed by atoms with Crippen molar-refractivity contribution in [1.29, 1.82) is 0 Å². The van der Waals surface area contributed by atoms with Crippen LogP contribution in [0.4, 0.5) is 0 Å². The van der Waals surface area contributed by atoms with Crippen LogP contribution in [-0.4, -0.2) is 19.9 Å². The first-order chi connectivity index (χ1) is 10.1. The minimum atomic E-state index is -0.423. The van der Waals surface area contributed by atoms with Gasteiger partial charge in [0, 0.05) is 12.6 Å². The Morgan fingerprint density at radius 3 is 1.68 bits per heavy atom. The predicted molar refractivity (Wildman–Crippen MR) is 107 cm³/mol. The highest BCUT2D eigenvalue weighted by molar-refractivity contribution is 7.89. The average molecular weight is 357 g/mol. The van der Waals surface area contributed by atoms with Gasteiger partial charge in [-0.2, -0.15) is 0 Å². The molecule has 2 aromatic carbocycles. The first-order valence-electron chi connectivity index (χ1n) is 7.01. The molecule has 0 aliphatic heterocycles. The third-order valence-corrected chi connectivity index (χ3v) is 5.91. The molecule has 1 nitrogen and oxygen atoms in total. The maximum Gasteiger partial charge on any atom is 0.0571 e. The van der Waals surface area contributed by atoms with E-state index in [9.17, 15) is 0 Å². The molecule has 4 heteroatoms. The molecule has 0 bridgehead atoms. The maximum atomic E-state index is 5.87. The molecule has 0 aliphatic rings. The van der Waals surface area contributed by atoms with E-state index >= 15 is 0 Å². The molecule has 0 aliphatic carbocycles. The van der Waals surface area contributed by atoms with Gasteiger partial charge in [0.1, 0.15) is 0 Å². The Morgan fingerprint density at radius 1 is 0.864 bits per heavy atom. The monoisotopic (exact) mass is 356 g/mol. The highest BCUT2D eigenvalue weighted by atomic mass is 35.7. The molecule has 122 valence electrons. The summed E-state index contributed by atoms with van der Waals surface area (Å²) < 4.78 is 5.64. The maximum absolute atomic E-state index is 5.87.